The summed E-state index contributed by atoms with van der Waals surface area (Å²) in [4.78, 5) is 6.76. The molecule has 0 amide bonds. The van der Waals surface area contributed by atoms with E-state index >= 15 is 0 Å². The van der Waals surface area contributed by atoms with E-state index < -0.39 is 0 Å². The number of fused-ring (bicyclic) bond motifs is 12. The Morgan fingerprint density at radius 2 is 1.18 bits per heavy atom. The largest absolute Gasteiger partial charge is 0.456 e. The number of nitrogens with one attached hydrogen (secondary N) is 1. The molecule has 0 saturated heterocycles. The Bertz CT molecular complexity index is 2890. The Labute approximate surface area is 286 Å². The quantitative estimate of drug-likeness (QED) is 0.194. The summed E-state index contributed by atoms with van der Waals surface area (Å²) < 4.78 is 7.88. The lowest BCUT2D eigenvalue weighted by molar-refractivity contribution is 0.668. The van der Waals surface area contributed by atoms with Crippen LogP contribution in [-0.2, 0) is 0 Å². The van der Waals surface area contributed by atoms with Crippen molar-refractivity contribution in [3.63, 3.8) is 0 Å². The van der Waals surface area contributed by atoms with Gasteiger partial charge in [-0.1, -0.05) is 121 Å². The molecule has 4 heteroatoms. The molecule has 1 unspecified atom stereocenters. The summed E-state index contributed by atoms with van der Waals surface area (Å²) >= 11 is 1.82. The Balaban J connectivity index is 1.17. The molecule has 0 fully saturated rings. The van der Waals surface area contributed by atoms with Crippen LogP contribution < -0.4 is 5.32 Å². The van der Waals surface area contributed by atoms with Crippen molar-refractivity contribution in [1.82, 2.24) is 0 Å². The van der Waals surface area contributed by atoms with Crippen LogP contribution in [0.4, 0.5) is 5.69 Å². The predicted octanol–water partition coefficient (Wildman–Crippen LogP) is 12.6. The fourth-order valence-electron chi connectivity index (χ4n) is 8.09. The zero-order valence-electron chi connectivity index (χ0n) is 26.4. The first-order chi connectivity index (χ1) is 24.3. The smallest absolute Gasteiger partial charge is 0.145 e. The highest BCUT2D eigenvalue weighted by Crippen LogP contribution is 2.47. The first-order valence-electron chi connectivity index (χ1n) is 16.8. The number of thiophene rings is 1. The zero-order chi connectivity index (χ0) is 32.1. The van der Waals surface area contributed by atoms with Crippen LogP contribution in [0.25, 0.3) is 75.5 Å². The molecule has 0 bridgehead atoms. The number of allylic oxidation sites excluding steroid dienone is 4. The Kier molecular flexibility index (Phi) is 5.66. The molecule has 1 atom stereocenters. The maximum atomic E-state index is 6.62. The lowest BCUT2D eigenvalue weighted by Gasteiger charge is -2.26. The molecule has 230 valence electrons. The van der Waals surface area contributed by atoms with E-state index in [1.54, 1.807) is 0 Å². The van der Waals surface area contributed by atoms with Crippen LogP contribution >= 0.6 is 11.3 Å². The summed E-state index contributed by atoms with van der Waals surface area (Å²) in [5.74, 6) is 0.139. The van der Waals surface area contributed by atoms with Crippen molar-refractivity contribution in [3.05, 3.63) is 162 Å². The molecular formula is C45H28N2OS. The van der Waals surface area contributed by atoms with Crippen molar-refractivity contribution in [2.75, 3.05) is 5.32 Å². The maximum Gasteiger partial charge on any atom is 0.145 e. The van der Waals surface area contributed by atoms with Gasteiger partial charge in [0.25, 0.3) is 0 Å². The van der Waals surface area contributed by atoms with E-state index in [2.05, 4.69) is 151 Å². The molecule has 7 aromatic carbocycles. The van der Waals surface area contributed by atoms with Gasteiger partial charge in [-0.3, -0.25) is 4.99 Å². The van der Waals surface area contributed by atoms with Crippen molar-refractivity contribution >= 4 is 87.1 Å². The Hall–Kier alpha value is -5.97. The SMILES string of the molecule is C1=CC(C2=NC(c3cc(-c4ccc5c6ccccc6c6ccccc6c5c4)cc4oc5ccccc5c34)Nc3c2sc2ccccc32)C=C1. The van der Waals surface area contributed by atoms with Gasteiger partial charge in [0.05, 0.1) is 16.3 Å². The minimum absolute atomic E-state index is 0.139. The van der Waals surface area contributed by atoms with Crippen LogP contribution in [0, 0.1) is 5.92 Å². The lowest BCUT2D eigenvalue weighted by atomic mass is 9.91. The van der Waals surface area contributed by atoms with Gasteiger partial charge in [0.1, 0.15) is 17.3 Å². The maximum absolute atomic E-state index is 6.62. The highest BCUT2D eigenvalue weighted by molar-refractivity contribution is 7.21. The molecule has 1 aliphatic heterocycles. The van der Waals surface area contributed by atoms with Gasteiger partial charge in [-0.05, 0) is 73.8 Å². The zero-order valence-corrected chi connectivity index (χ0v) is 27.2. The highest BCUT2D eigenvalue weighted by atomic mass is 32.1. The van der Waals surface area contributed by atoms with Crippen molar-refractivity contribution in [3.8, 4) is 11.1 Å². The van der Waals surface area contributed by atoms with E-state index in [0.717, 1.165) is 44.3 Å². The van der Waals surface area contributed by atoms with Crippen LogP contribution in [0.3, 0.4) is 0 Å². The molecule has 3 heterocycles. The Morgan fingerprint density at radius 3 is 1.94 bits per heavy atom. The highest BCUT2D eigenvalue weighted by Gasteiger charge is 2.31. The van der Waals surface area contributed by atoms with Crippen LogP contribution in [0.15, 0.2) is 161 Å². The molecule has 3 nitrogen and oxygen atoms in total. The number of anilines is 1. The van der Waals surface area contributed by atoms with Crippen LogP contribution in [0.5, 0.6) is 0 Å². The van der Waals surface area contributed by atoms with Gasteiger partial charge < -0.3 is 9.73 Å². The second-order valence-corrected chi connectivity index (χ2v) is 14.1. The van der Waals surface area contributed by atoms with Crippen LogP contribution in [0.1, 0.15) is 16.6 Å². The van der Waals surface area contributed by atoms with E-state index in [9.17, 15) is 0 Å². The van der Waals surface area contributed by atoms with Crippen LogP contribution in [0.2, 0.25) is 0 Å². The van der Waals surface area contributed by atoms with Gasteiger partial charge in [0.2, 0.25) is 0 Å². The van der Waals surface area contributed by atoms with Crippen molar-refractivity contribution < 1.29 is 4.42 Å². The standard InChI is InChI=1S/C45H28N2OS/c1-2-12-26(11-1)42-44-43(35-18-8-10-20-40(35)49-44)47-45(46-42)37-24-28(25-39-41(37)34-17-7-9-19-38(34)48-39)27-21-22-33-31-15-4-3-13-29(31)30-14-5-6-16-32(30)36(33)23-27/h1-26,45,47H. The minimum atomic E-state index is -0.295. The average Bonchev–Trinajstić information content (AvgIpc) is 3.92. The number of benzene rings is 7. The van der Waals surface area contributed by atoms with Gasteiger partial charge in [-0.15, -0.1) is 11.3 Å². The number of para-hydroxylation sites is 1. The van der Waals surface area contributed by atoms with E-state index in [4.69, 9.17) is 9.41 Å². The number of furan rings is 1. The molecule has 2 aliphatic rings. The first-order valence-corrected chi connectivity index (χ1v) is 17.6. The molecule has 49 heavy (non-hydrogen) atoms. The van der Waals surface area contributed by atoms with Gasteiger partial charge >= 0.3 is 0 Å². The molecule has 11 rings (SSSR count). The van der Waals surface area contributed by atoms with Crippen molar-refractivity contribution in [2.45, 2.75) is 6.17 Å². The fraction of sp³-hybridized carbons (Fsp3) is 0.0444. The molecule has 9 aromatic rings. The molecule has 0 radical (unpaired) electrons. The third kappa shape index (κ3) is 3.98. The van der Waals surface area contributed by atoms with Gasteiger partial charge in [-0.2, -0.15) is 0 Å². The number of hydrogen-bond donors (Lipinski definition) is 1. The van der Waals surface area contributed by atoms with Gasteiger partial charge in [-0.25, -0.2) is 0 Å². The number of nitrogens with zero attached hydrogens (tertiary/aromatic N) is 1. The number of hydrogen-bond acceptors (Lipinski definition) is 4. The average molecular weight is 645 g/mol. The number of aliphatic imine (C=N–C) groups is 1. The van der Waals surface area contributed by atoms with E-state index in [1.165, 1.54) is 53.0 Å². The summed E-state index contributed by atoms with van der Waals surface area (Å²) in [6.45, 7) is 0. The monoisotopic (exact) mass is 644 g/mol. The summed E-state index contributed by atoms with van der Waals surface area (Å²) in [5, 5.41) is 15.0. The molecule has 1 aliphatic carbocycles. The van der Waals surface area contributed by atoms with E-state index in [-0.39, 0.29) is 12.1 Å². The van der Waals surface area contributed by atoms with Crippen molar-refractivity contribution in [1.29, 1.82) is 0 Å². The molecule has 0 saturated carbocycles. The lowest BCUT2D eigenvalue weighted by Crippen LogP contribution is -2.22. The minimum Gasteiger partial charge on any atom is -0.456 e. The predicted molar refractivity (Wildman–Crippen MR) is 208 cm³/mol. The molecular weight excluding hydrogens is 617 g/mol. The fourth-order valence-corrected chi connectivity index (χ4v) is 9.30. The normalized spacial score (nSPS) is 16.0. The Morgan fingerprint density at radius 1 is 0.551 bits per heavy atom. The summed E-state index contributed by atoms with van der Waals surface area (Å²) in [5.41, 5.74) is 7.42. The van der Waals surface area contributed by atoms with E-state index in [1.807, 2.05) is 17.4 Å². The van der Waals surface area contributed by atoms with E-state index in [0.29, 0.717) is 0 Å². The third-order valence-corrected chi connectivity index (χ3v) is 11.5. The second kappa shape index (κ2) is 10.3. The van der Waals surface area contributed by atoms with Crippen LogP contribution in [-0.4, -0.2) is 5.71 Å². The number of rotatable bonds is 3. The van der Waals surface area contributed by atoms with Gasteiger partial charge in [0, 0.05) is 32.3 Å². The molecule has 2 aromatic heterocycles. The molecule has 0 spiro atoms. The summed E-state index contributed by atoms with van der Waals surface area (Å²) in [7, 11) is 0. The summed E-state index contributed by atoms with van der Waals surface area (Å²) in [6.07, 6.45) is 8.46. The molecule has 1 N–H and O–H groups in total. The van der Waals surface area contributed by atoms with Crippen molar-refractivity contribution in [2.24, 2.45) is 10.9 Å². The van der Waals surface area contributed by atoms with Gasteiger partial charge in [0.15, 0.2) is 0 Å². The third-order valence-electron chi connectivity index (χ3n) is 10.3. The topological polar surface area (TPSA) is 37.5 Å². The first kappa shape index (κ1) is 27.0. The summed E-state index contributed by atoms with van der Waals surface area (Å²) in [6, 6.07) is 46.0. The second-order valence-electron chi connectivity index (χ2n) is 13.0.